The van der Waals surface area contributed by atoms with Crippen LogP contribution in [0.25, 0.3) is 0 Å². The van der Waals surface area contributed by atoms with E-state index in [-0.39, 0.29) is 18.0 Å². The maximum atomic E-state index is 12.5. The monoisotopic (exact) mass is 318 g/mol. The van der Waals surface area contributed by atoms with Crippen molar-refractivity contribution >= 4 is 11.6 Å². The van der Waals surface area contributed by atoms with E-state index in [2.05, 4.69) is 0 Å². The van der Waals surface area contributed by atoms with Gasteiger partial charge in [-0.05, 0) is 12.1 Å². The maximum absolute atomic E-state index is 12.5. The Morgan fingerprint density at radius 3 is 2.74 bits per heavy atom. The van der Waals surface area contributed by atoms with Crippen LogP contribution in [0.1, 0.15) is 11.3 Å². The highest BCUT2D eigenvalue weighted by Crippen LogP contribution is 2.19. The molecule has 2 aromatic rings. The Hall–Kier alpha value is -2.67. The Labute approximate surface area is 133 Å². The lowest BCUT2D eigenvalue weighted by Gasteiger charge is -2.21. The number of hydrogen-bond acceptors (Lipinski definition) is 5. The predicted octanol–water partition coefficient (Wildman–Crippen LogP) is 2.41. The van der Waals surface area contributed by atoms with Crippen LogP contribution in [0.15, 0.2) is 47.1 Å². The number of nitro groups is 1. The molecular weight excluding hydrogens is 300 g/mol. The number of carbonyl (C=O) groups is 1. The van der Waals surface area contributed by atoms with Crippen LogP contribution in [0.2, 0.25) is 0 Å². The second-order valence-electron chi connectivity index (χ2n) is 4.95. The van der Waals surface area contributed by atoms with Gasteiger partial charge in [0.2, 0.25) is 5.91 Å². The summed E-state index contributed by atoms with van der Waals surface area (Å²) in [5.41, 5.74) is 0.343. The topological polar surface area (TPSA) is 85.8 Å². The first-order valence-corrected chi connectivity index (χ1v) is 7.13. The molecule has 1 amide bonds. The zero-order valence-corrected chi connectivity index (χ0v) is 12.8. The van der Waals surface area contributed by atoms with Crippen LogP contribution < -0.4 is 0 Å². The van der Waals surface area contributed by atoms with Gasteiger partial charge in [0.25, 0.3) is 5.69 Å². The minimum Gasteiger partial charge on any atom is -0.467 e. The van der Waals surface area contributed by atoms with Crippen LogP contribution in [-0.4, -0.2) is 36.0 Å². The molecule has 1 aromatic heterocycles. The number of ether oxygens (including phenoxy) is 1. The first-order chi connectivity index (χ1) is 11.1. The second kappa shape index (κ2) is 8.09. The minimum absolute atomic E-state index is 0.0401. The van der Waals surface area contributed by atoms with E-state index in [1.54, 1.807) is 42.3 Å². The molecule has 2 rings (SSSR count). The van der Waals surface area contributed by atoms with Gasteiger partial charge in [-0.1, -0.05) is 18.2 Å². The Morgan fingerprint density at radius 1 is 1.30 bits per heavy atom. The van der Waals surface area contributed by atoms with Crippen molar-refractivity contribution in [1.29, 1.82) is 0 Å². The van der Waals surface area contributed by atoms with Gasteiger partial charge in [-0.15, -0.1) is 0 Å². The molecule has 0 saturated heterocycles. The summed E-state index contributed by atoms with van der Waals surface area (Å²) in [5.74, 6) is 0.435. The largest absolute Gasteiger partial charge is 0.467 e. The predicted molar refractivity (Wildman–Crippen MR) is 82.8 cm³/mol. The van der Waals surface area contributed by atoms with Crippen molar-refractivity contribution in [3.63, 3.8) is 0 Å². The Balaban J connectivity index is 2.12. The molecule has 7 heteroatoms. The molecule has 7 nitrogen and oxygen atoms in total. The first-order valence-electron chi connectivity index (χ1n) is 7.13. The van der Waals surface area contributed by atoms with E-state index in [0.29, 0.717) is 31.0 Å². The molecule has 0 saturated carbocycles. The van der Waals surface area contributed by atoms with Crippen molar-refractivity contribution in [3.8, 4) is 0 Å². The van der Waals surface area contributed by atoms with E-state index in [9.17, 15) is 14.9 Å². The summed E-state index contributed by atoms with van der Waals surface area (Å²) in [6.45, 7) is 1.07. The fourth-order valence-electron chi connectivity index (χ4n) is 2.20. The fraction of sp³-hybridized carbons (Fsp3) is 0.312. The summed E-state index contributed by atoms with van der Waals surface area (Å²) in [5, 5.41) is 11.0. The number of para-hydroxylation sites is 1. The standard InChI is InChI=1S/C16H18N2O5/c1-22-10-8-17(12-14-6-4-9-23-14)16(19)11-13-5-2-3-7-15(13)18(20)21/h2-7,9H,8,10-12H2,1H3. The van der Waals surface area contributed by atoms with Gasteiger partial charge in [0, 0.05) is 25.3 Å². The van der Waals surface area contributed by atoms with Crippen molar-refractivity contribution in [1.82, 2.24) is 4.90 Å². The van der Waals surface area contributed by atoms with Crippen molar-refractivity contribution < 1.29 is 18.9 Å². The van der Waals surface area contributed by atoms with E-state index >= 15 is 0 Å². The number of amides is 1. The molecule has 0 atom stereocenters. The summed E-state index contributed by atoms with van der Waals surface area (Å²) in [6, 6.07) is 9.78. The van der Waals surface area contributed by atoms with Crippen molar-refractivity contribution in [2.45, 2.75) is 13.0 Å². The quantitative estimate of drug-likeness (QED) is 0.551. The molecule has 0 N–H and O–H groups in total. The van der Waals surface area contributed by atoms with Crippen LogP contribution in [-0.2, 0) is 22.5 Å². The zero-order valence-electron chi connectivity index (χ0n) is 12.8. The lowest BCUT2D eigenvalue weighted by atomic mass is 10.1. The number of nitro benzene ring substituents is 1. The van der Waals surface area contributed by atoms with Gasteiger partial charge >= 0.3 is 0 Å². The smallest absolute Gasteiger partial charge is 0.273 e. The van der Waals surface area contributed by atoms with Crippen LogP contribution in [0, 0.1) is 10.1 Å². The zero-order chi connectivity index (χ0) is 16.7. The number of carbonyl (C=O) groups excluding carboxylic acids is 1. The third-order valence-electron chi connectivity index (χ3n) is 3.37. The summed E-state index contributed by atoms with van der Waals surface area (Å²) in [7, 11) is 1.55. The highest BCUT2D eigenvalue weighted by atomic mass is 16.6. The van der Waals surface area contributed by atoms with E-state index in [1.807, 2.05) is 0 Å². The van der Waals surface area contributed by atoms with Gasteiger partial charge in [-0.3, -0.25) is 14.9 Å². The lowest BCUT2D eigenvalue weighted by molar-refractivity contribution is -0.385. The average molecular weight is 318 g/mol. The molecule has 0 aliphatic heterocycles. The maximum Gasteiger partial charge on any atom is 0.273 e. The summed E-state index contributed by atoms with van der Waals surface area (Å²) < 4.78 is 10.3. The third kappa shape index (κ3) is 4.65. The Bertz CT molecular complexity index is 654. The normalized spacial score (nSPS) is 10.5. The number of rotatable bonds is 8. The molecule has 0 fully saturated rings. The summed E-state index contributed by atoms with van der Waals surface area (Å²) in [6.07, 6.45) is 1.50. The summed E-state index contributed by atoms with van der Waals surface area (Å²) in [4.78, 5) is 24.7. The molecule has 1 aromatic carbocycles. The van der Waals surface area contributed by atoms with Gasteiger partial charge in [0.15, 0.2) is 0 Å². The first kappa shape index (κ1) is 16.7. The van der Waals surface area contributed by atoms with Crippen LogP contribution in [0.5, 0.6) is 0 Å². The van der Waals surface area contributed by atoms with Crippen LogP contribution in [0.3, 0.4) is 0 Å². The molecule has 0 aliphatic rings. The molecule has 122 valence electrons. The van der Waals surface area contributed by atoms with Crippen molar-refractivity contribution in [2.75, 3.05) is 20.3 Å². The number of furan rings is 1. The molecule has 1 heterocycles. The highest BCUT2D eigenvalue weighted by molar-refractivity contribution is 5.79. The average Bonchev–Trinajstić information content (AvgIpc) is 3.04. The molecular formula is C16H18N2O5. The Morgan fingerprint density at radius 2 is 2.09 bits per heavy atom. The SMILES string of the molecule is COCCN(Cc1ccco1)C(=O)Cc1ccccc1[N+](=O)[O-]. The Kier molecular flexibility index (Phi) is 5.87. The third-order valence-corrected chi connectivity index (χ3v) is 3.37. The molecule has 0 unspecified atom stereocenters. The van der Waals surface area contributed by atoms with Gasteiger partial charge < -0.3 is 14.1 Å². The number of nitrogens with zero attached hydrogens (tertiary/aromatic N) is 2. The van der Waals surface area contributed by atoms with Gasteiger partial charge in [-0.25, -0.2) is 0 Å². The molecule has 0 aliphatic carbocycles. The van der Waals surface area contributed by atoms with E-state index in [1.165, 1.54) is 12.3 Å². The number of hydrogen-bond donors (Lipinski definition) is 0. The highest BCUT2D eigenvalue weighted by Gasteiger charge is 2.20. The fourth-order valence-corrected chi connectivity index (χ4v) is 2.20. The van der Waals surface area contributed by atoms with Gasteiger partial charge in [0.1, 0.15) is 5.76 Å². The molecule has 23 heavy (non-hydrogen) atoms. The molecule has 0 bridgehead atoms. The van der Waals surface area contributed by atoms with E-state index in [4.69, 9.17) is 9.15 Å². The van der Waals surface area contributed by atoms with Crippen molar-refractivity contribution in [2.24, 2.45) is 0 Å². The van der Waals surface area contributed by atoms with Crippen LogP contribution in [0.4, 0.5) is 5.69 Å². The van der Waals surface area contributed by atoms with Gasteiger partial charge in [-0.2, -0.15) is 0 Å². The number of benzene rings is 1. The second-order valence-corrected chi connectivity index (χ2v) is 4.95. The minimum atomic E-state index is -0.478. The van der Waals surface area contributed by atoms with Gasteiger partial charge in [0.05, 0.1) is 30.8 Å². The number of methoxy groups -OCH3 is 1. The molecule has 0 spiro atoms. The van der Waals surface area contributed by atoms with E-state index in [0.717, 1.165) is 0 Å². The lowest BCUT2D eigenvalue weighted by Crippen LogP contribution is -2.34. The summed E-state index contributed by atoms with van der Waals surface area (Å²) >= 11 is 0. The van der Waals surface area contributed by atoms with Crippen molar-refractivity contribution in [3.05, 3.63) is 64.1 Å². The molecule has 0 radical (unpaired) electrons. The van der Waals surface area contributed by atoms with E-state index < -0.39 is 4.92 Å². The van der Waals surface area contributed by atoms with Crippen LogP contribution >= 0.6 is 0 Å².